The summed E-state index contributed by atoms with van der Waals surface area (Å²) in [5.41, 5.74) is 2.01. The Morgan fingerprint density at radius 2 is 1.73 bits per heavy atom. The normalized spacial score (nSPS) is 31.5. The number of carbonyl (C=O) groups is 1. The highest BCUT2D eigenvalue weighted by molar-refractivity contribution is 5.97. The summed E-state index contributed by atoms with van der Waals surface area (Å²) in [6.07, 6.45) is -0.193. The Hall–Kier alpha value is -1.99. The van der Waals surface area contributed by atoms with E-state index < -0.39 is 12.2 Å². The van der Waals surface area contributed by atoms with E-state index in [0.29, 0.717) is 37.0 Å². The van der Waals surface area contributed by atoms with Gasteiger partial charge in [0, 0.05) is 18.7 Å². The molecule has 7 nitrogen and oxygen atoms in total. The first kappa shape index (κ1) is 13.7. The minimum atomic E-state index is -0.664. The number of carbonyl (C=O) groups excluding carboxylic acids is 1. The van der Waals surface area contributed by atoms with Crippen molar-refractivity contribution in [3.05, 3.63) is 23.8 Å². The Kier molecular flexibility index (Phi) is 3.12. The third-order valence-corrected chi connectivity index (χ3v) is 4.96. The SMILES string of the molecule is O=C(c1ccc2n[nH]nc2c1)N1C[C@H]2C[C@H](O)[C@H](O)C[C@H]2C1. The number of aromatic amines is 1. The Labute approximate surface area is 126 Å². The molecule has 3 N–H and O–H groups in total. The molecule has 7 heteroatoms. The van der Waals surface area contributed by atoms with E-state index in [9.17, 15) is 15.0 Å². The highest BCUT2D eigenvalue weighted by Gasteiger charge is 2.42. The number of nitrogens with one attached hydrogen (secondary N) is 1. The molecule has 2 aliphatic rings. The molecule has 1 aromatic carbocycles. The second-order valence-corrected chi connectivity index (χ2v) is 6.36. The number of likely N-dealkylation sites (tertiary alicyclic amines) is 1. The fourth-order valence-electron chi connectivity index (χ4n) is 3.73. The lowest BCUT2D eigenvalue weighted by atomic mass is 9.79. The van der Waals surface area contributed by atoms with Gasteiger partial charge in [0.25, 0.3) is 5.91 Å². The van der Waals surface area contributed by atoms with E-state index in [1.54, 1.807) is 18.2 Å². The minimum Gasteiger partial charge on any atom is -0.390 e. The molecule has 2 fully saturated rings. The van der Waals surface area contributed by atoms with E-state index >= 15 is 0 Å². The summed E-state index contributed by atoms with van der Waals surface area (Å²) in [6, 6.07) is 5.29. The minimum absolute atomic E-state index is 0.0247. The molecule has 4 rings (SSSR count). The molecule has 1 aromatic heterocycles. The Balaban J connectivity index is 1.54. The van der Waals surface area contributed by atoms with Crippen LogP contribution >= 0.6 is 0 Å². The zero-order chi connectivity index (χ0) is 15.3. The van der Waals surface area contributed by atoms with Crippen LogP contribution < -0.4 is 0 Å². The van der Waals surface area contributed by atoms with Gasteiger partial charge in [0.1, 0.15) is 11.0 Å². The van der Waals surface area contributed by atoms with Gasteiger partial charge >= 0.3 is 0 Å². The van der Waals surface area contributed by atoms with Gasteiger partial charge in [-0.1, -0.05) is 0 Å². The Morgan fingerprint density at radius 3 is 2.41 bits per heavy atom. The summed E-state index contributed by atoms with van der Waals surface area (Å²) >= 11 is 0. The number of rotatable bonds is 1. The largest absolute Gasteiger partial charge is 0.390 e. The molecule has 0 radical (unpaired) electrons. The lowest BCUT2D eigenvalue weighted by Gasteiger charge is -2.31. The Bertz CT molecular complexity index is 698. The fraction of sp³-hybridized carbons (Fsp3) is 0.533. The third kappa shape index (κ3) is 2.17. The van der Waals surface area contributed by atoms with E-state index in [0.717, 1.165) is 5.52 Å². The summed E-state index contributed by atoms with van der Waals surface area (Å²) in [5.74, 6) is 0.527. The second kappa shape index (κ2) is 5.03. The topological polar surface area (TPSA) is 102 Å². The van der Waals surface area contributed by atoms with Crippen LogP contribution in [0.2, 0.25) is 0 Å². The summed E-state index contributed by atoms with van der Waals surface area (Å²) in [6.45, 7) is 1.29. The predicted octanol–water partition coefficient (Wildman–Crippen LogP) is 0.162. The van der Waals surface area contributed by atoms with E-state index in [1.165, 1.54) is 0 Å². The number of aromatic nitrogens is 3. The van der Waals surface area contributed by atoms with E-state index in [-0.39, 0.29) is 17.7 Å². The maximum Gasteiger partial charge on any atom is 0.253 e. The predicted molar refractivity (Wildman–Crippen MR) is 78.0 cm³/mol. The van der Waals surface area contributed by atoms with Gasteiger partial charge < -0.3 is 15.1 Å². The van der Waals surface area contributed by atoms with Gasteiger partial charge in [-0.2, -0.15) is 15.4 Å². The molecule has 2 aromatic rings. The first-order valence-corrected chi connectivity index (χ1v) is 7.58. The lowest BCUT2D eigenvalue weighted by Crippen LogP contribution is -2.38. The van der Waals surface area contributed by atoms with Crippen molar-refractivity contribution in [3.8, 4) is 0 Å². The zero-order valence-electron chi connectivity index (χ0n) is 12.0. The van der Waals surface area contributed by atoms with Crippen LogP contribution in [0.15, 0.2) is 18.2 Å². The van der Waals surface area contributed by atoms with Gasteiger partial charge in [0.05, 0.1) is 12.2 Å². The van der Waals surface area contributed by atoms with Crippen molar-refractivity contribution in [2.75, 3.05) is 13.1 Å². The quantitative estimate of drug-likeness (QED) is 0.696. The van der Waals surface area contributed by atoms with Crippen LogP contribution in [0, 0.1) is 11.8 Å². The maximum atomic E-state index is 12.7. The van der Waals surface area contributed by atoms with Crippen molar-refractivity contribution in [1.29, 1.82) is 0 Å². The van der Waals surface area contributed by atoms with Gasteiger partial charge in [-0.25, -0.2) is 0 Å². The van der Waals surface area contributed by atoms with Crippen molar-refractivity contribution in [2.24, 2.45) is 11.8 Å². The molecular formula is C15H18N4O3. The number of fused-ring (bicyclic) bond motifs is 2. The average molecular weight is 302 g/mol. The molecule has 0 bridgehead atoms. The van der Waals surface area contributed by atoms with Crippen LogP contribution in [0.3, 0.4) is 0 Å². The van der Waals surface area contributed by atoms with E-state index in [2.05, 4.69) is 15.4 Å². The van der Waals surface area contributed by atoms with Gasteiger partial charge in [-0.15, -0.1) is 0 Å². The Morgan fingerprint density at radius 1 is 1.09 bits per heavy atom. The number of hydrogen-bond acceptors (Lipinski definition) is 5. The van der Waals surface area contributed by atoms with Crippen molar-refractivity contribution in [3.63, 3.8) is 0 Å². The number of H-pyrrole nitrogens is 1. The molecule has 0 unspecified atom stereocenters. The molecule has 1 saturated carbocycles. The molecule has 4 atom stereocenters. The first-order chi connectivity index (χ1) is 10.6. The standard InChI is InChI=1S/C15H18N4O3/c20-13-4-9-6-19(7-10(9)5-14(13)21)15(22)8-1-2-11-12(3-8)17-18-16-11/h1-3,9-10,13-14,20-21H,4-7H2,(H,16,17,18)/t9-,10+,13+,14-. The molecule has 1 aliphatic carbocycles. The van der Waals surface area contributed by atoms with Crippen molar-refractivity contribution in [2.45, 2.75) is 25.0 Å². The molecule has 1 aliphatic heterocycles. The van der Waals surface area contributed by atoms with Crippen LogP contribution in [0.5, 0.6) is 0 Å². The summed E-state index contributed by atoms with van der Waals surface area (Å²) in [7, 11) is 0. The third-order valence-electron chi connectivity index (χ3n) is 4.96. The maximum absolute atomic E-state index is 12.7. The molecule has 22 heavy (non-hydrogen) atoms. The van der Waals surface area contributed by atoms with Crippen LogP contribution in [0.25, 0.3) is 11.0 Å². The second-order valence-electron chi connectivity index (χ2n) is 6.36. The summed E-state index contributed by atoms with van der Waals surface area (Å²) in [4.78, 5) is 14.5. The monoisotopic (exact) mass is 302 g/mol. The van der Waals surface area contributed by atoms with Gasteiger partial charge in [0.2, 0.25) is 0 Å². The molecule has 0 spiro atoms. The van der Waals surface area contributed by atoms with E-state index in [1.807, 2.05) is 4.90 Å². The first-order valence-electron chi connectivity index (χ1n) is 7.58. The van der Waals surface area contributed by atoms with Crippen LogP contribution in [0.1, 0.15) is 23.2 Å². The van der Waals surface area contributed by atoms with E-state index in [4.69, 9.17) is 0 Å². The highest BCUT2D eigenvalue weighted by Crippen LogP contribution is 2.37. The average Bonchev–Trinajstić information content (AvgIpc) is 3.12. The summed E-state index contributed by atoms with van der Waals surface area (Å²) < 4.78 is 0. The summed E-state index contributed by atoms with van der Waals surface area (Å²) in [5, 5.41) is 30.1. The molecule has 2 heterocycles. The number of aliphatic hydroxyl groups excluding tert-OH is 2. The highest BCUT2D eigenvalue weighted by atomic mass is 16.3. The number of aliphatic hydroxyl groups is 2. The van der Waals surface area contributed by atoms with Gasteiger partial charge in [-0.05, 0) is 42.9 Å². The number of amides is 1. The molecule has 116 valence electrons. The molecule has 1 amide bonds. The molecular weight excluding hydrogens is 284 g/mol. The zero-order valence-corrected chi connectivity index (χ0v) is 12.0. The van der Waals surface area contributed by atoms with Crippen molar-refractivity contribution < 1.29 is 15.0 Å². The smallest absolute Gasteiger partial charge is 0.253 e. The van der Waals surface area contributed by atoms with Gasteiger partial charge in [0.15, 0.2) is 0 Å². The van der Waals surface area contributed by atoms with Crippen LogP contribution in [-0.2, 0) is 0 Å². The lowest BCUT2D eigenvalue weighted by molar-refractivity contribution is -0.0372. The van der Waals surface area contributed by atoms with Crippen LogP contribution in [-0.4, -0.2) is 61.7 Å². The number of nitrogens with zero attached hydrogens (tertiary/aromatic N) is 3. The number of benzene rings is 1. The van der Waals surface area contributed by atoms with Crippen molar-refractivity contribution >= 4 is 16.9 Å². The van der Waals surface area contributed by atoms with Gasteiger partial charge in [-0.3, -0.25) is 4.79 Å². The van der Waals surface area contributed by atoms with Crippen LogP contribution in [0.4, 0.5) is 0 Å². The van der Waals surface area contributed by atoms with Crippen molar-refractivity contribution in [1.82, 2.24) is 20.3 Å². The fourth-order valence-corrected chi connectivity index (χ4v) is 3.73. The molecule has 1 saturated heterocycles. The number of hydrogen-bond donors (Lipinski definition) is 3.